The summed E-state index contributed by atoms with van der Waals surface area (Å²) in [6.45, 7) is 7.03. The predicted octanol–water partition coefficient (Wildman–Crippen LogP) is 4.23. The van der Waals surface area contributed by atoms with Crippen molar-refractivity contribution in [2.45, 2.75) is 46.1 Å². The number of hydrogen-bond acceptors (Lipinski definition) is 3. The van der Waals surface area contributed by atoms with Crippen LogP contribution in [0.4, 0.5) is 5.82 Å². The van der Waals surface area contributed by atoms with Gasteiger partial charge in [0.05, 0.1) is 5.56 Å². The zero-order valence-electron chi connectivity index (χ0n) is 12.2. The first-order chi connectivity index (χ1) is 9.38. The van der Waals surface area contributed by atoms with E-state index in [1.54, 1.807) is 12.3 Å². The summed E-state index contributed by atoms with van der Waals surface area (Å²) >= 11 is 6.28. The van der Waals surface area contributed by atoms with Crippen molar-refractivity contribution in [3.8, 4) is 6.07 Å². The number of nitrogens with one attached hydrogen (secondary N) is 1. The van der Waals surface area contributed by atoms with E-state index in [4.69, 9.17) is 16.9 Å². The number of rotatable bonds is 2. The van der Waals surface area contributed by atoms with Gasteiger partial charge in [-0.25, -0.2) is 4.98 Å². The van der Waals surface area contributed by atoms with Crippen LogP contribution in [-0.4, -0.2) is 11.0 Å². The molecule has 3 unspecified atom stereocenters. The number of hydrogen-bond donors (Lipinski definition) is 1. The summed E-state index contributed by atoms with van der Waals surface area (Å²) in [5.74, 6) is 1.42. The highest BCUT2D eigenvalue weighted by Crippen LogP contribution is 2.63. The molecule has 0 spiro atoms. The summed E-state index contributed by atoms with van der Waals surface area (Å²) in [6.07, 6.45) is 5.50. The van der Waals surface area contributed by atoms with Crippen molar-refractivity contribution in [3.05, 3.63) is 22.8 Å². The molecule has 0 aromatic carbocycles. The van der Waals surface area contributed by atoms with Crippen LogP contribution in [0.5, 0.6) is 0 Å². The minimum atomic E-state index is 0.237. The molecule has 2 aliphatic carbocycles. The van der Waals surface area contributed by atoms with Crippen LogP contribution in [0.1, 0.15) is 45.6 Å². The number of pyridine rings is 1. The van der Waals surface area contributed by atoms with Gasteiger partial charge in [-0.1, -0.05) is 32.4 Å². The molecule has 2 aliphatic rings. The Hall–Kier alpha value is -1.27. The van der Waals surface area contributed by atoms with E-state index in [0.717, 1.165) is 5.92 Å². The van der Waals surface area contributed by atoms with Gasteiger partial charge in [-0.05, 0) is 42.1 Å². The van der Waals surface area contributed by atoms with Gasteiger partial charge in [0.15, 0.2) is 0 Å². The van der Waals surface area contributed by atoms with Crippen LogP contribution in [0, 0.1) is 28.1 Å². The second-order valence-electron chi connectivity index (χ2n) is 7.13. The second kappa shape index (κ2) is 4.36. The molecule has 0 radical (unpaired) electrons. The van der Waals surface area contributed by atoms with Gasteiger partial charge in [0.2, 0.25) is 0 Å². The predicted molar refractivity (Wildman–Crippen MR) is 80.6 cm³/mol. The molecule has 3 nitrogen and oxygen atoms in total. The molecular weight excluding hydrogens is 270 g/mol. The van der Waals surface area contributed by atoms with E-state index >= 15 is 0 Å². The minimum absolute atomic E-state index is 0.237. The van der Waals surface area contributed by atoms with Crippen molar-refractivity contribution in [2.24, 2.45) is 16.7 Å². The van der Waals surface area contributed by atoms with Gasteiger partial charge in [0, 0.05) is 12.2 Å². The first kappa shape index (κ1) is 13.7. The van der Waals surface area contributed by atoms with E-state index in [-0.39, 0.29) is 5.41 Å². The topological polar surface area (TPSA) is 48.7 Å². The Morgan fingerprint density at radius 3 is 2.80 bits per heavy atom. The van der Waals surface area contributed by atoms with Gasteiger partial charge < -0.3 is 5.32 Å². The van der Waals surface area contributed by atoms with Crippen LogP contribution in [0.2, 0.25) is 5.02 Å². The monoisotopic (exact) mass is 289 g/mol. The molecule has 0 aliphatic heterocycles. The SMILES string of the molecule is CC12CCC(C1)C(C)(C)C2Nc1nccc(C#N)c1Cl. The summed E-state index contributed by atoms with van der Waals surface area (Å²) < 4.78 is 0. The van der Waals surface area contributed by atoms with Crippen molar-refractivity contribution in [1.29, 1.82) is 5.26 Å². The number of anilines is 1. The maximum absolute atomic E-state index is 9.07. The highest BCUT2D eigenvalue weighted by atomic mass is 35.5. The van der Waals surface area contributed by atoms with Crippen molar-refractivity contribution < 1.29 is 0 Å². The maximum atomic E-state index is 9.07. The molecule has 1 aromatic heterocycles. The average molecular weight is 290 g/mol. The van der Waals surface area contributed by atoms with E-state index in [2.05, 4.69) is 37.1 Å². The quantitative estimate of drug-likeness (QED) is 0.886. The molecule has 3 rings (SSSR count). The molecular formula is C16H20ClN3. The van der Waals surface area contributed by atoms with Crippen LogP contribution < -0.4 is 5.32 Å². The number of nitriles is 1. The lowest BCUT2D eigenvalue weighted by Crippen LogP contribution is -2.46. The molecule has 1 aromatic rings. The van der Waals surface area contributed by atoms with Gasteiger partial charge in [0.25, 0.3) is 0 Å². The first-order valence-corrected chi connectivity index (χ1v) is 7.57. The van der Waals surface area contributed by atoms with Crippen molar-refractivity contribution in [2.75, 3.05) is 5.32 Å². The van der Waals surface area contributed by atoms with Crippen LogP contribution in [0.3, 0.4) is 0 Å². The van der Waals surface area contributed by atoms with Gasteiger partial charge >= 0.3 is 0 Å². The highest BCUT2D eigenvalue weighted by molar-refractivity contribution is 6.34. The fourth-order valence-corrected chi connectivity index (χ4v) is 4.64. The van der Waals surface area contributed by atoms with Crippen LogP contribution in [-0.2, 0) is 0 Å². The molecule has 1 heterocycles. The average Bonchev–Trinajstić information content (AvgIpc) is 2.87. The molecule has 20 heavy (non-hydrogen) atoms. The molecule has 2 bridgehead atoms. The van der Waals surface area contributed by atoms with E-state index < -0.39 is 0 Å². The number of nitrogens with zero attached hydrogens (tertiary/aromatic N) is 2. The molecule has 2 saturated carbocycles. The fraction of sp³-hybridized carbons (Fsp3) is 0.625. The third-order valence-corrected chi connectivity index (χ3v) is 5.94. The van der Waals surface area contributed by atoms with Crippen molar-refractivity contribution in [1.82, 2.24) is 4.98 Å². The summed E-state index contributed by atoms with van der Waals surface area (Å²) in [4.78, 5) is 4.34. The maximum Gasteiger partial charge on any atom is 0.146 e. The number of halogens is 1. The summed E-state index contributed by atoms with van der Waals surface area (Å²) in [5.41, 5.74) is 1.03. The first-order valence-electron chi connectivity index (χ1n) is 7.19. The molecule has 0 saturated heterocycles. The normalized spacial score (nSPS) is 34.0. The molecule has 1 N–H and O–H groups in total. The minimum Gasteiger partial charge on any atom is -0.365 e. The van der Waals surface area contributed by atoms with E-state index in [0.29, 0.717) is 27.9 Å². The summed E-state index contributed by atoms with van der Waals surface area (Å²) in [5, 5.41) is 13.1. The van der Waals surface area contributed by atoms with E-state index in [9.17, 15) is 0 Å². The third-order valence-electron chi connectivity index (χ3n) is 5.56. The Bertz CT molecular complexity index is 585. The Kier molecular flexibility index (Phi) is 2.99. The van der Waals surface area contributed by atoms with Crippen LogP contribution in [0.25, 0.3) is 0 Å². The number of fused-ring (bicyclic) bond motifs is 2. The van der Waals surface area contributed by atoms with Crippen molar-refractivity contribution in [3.63, 3.8) is 0 Å². The van der Waals surface area contributed by atoms with E-state index in [1.807, 2.05) is 0 Å². The lowest BCUT2D eigenvalue weighted by Gasteiger charge is -2.43. The Morgan fingerprint density at radius 1 is 1.45 bits per heavy atom. The molecule has 3 atom stereocenters. The van der Waals surface area contributed by atoms with Crippen LogP contribution in [0.15, 0.2) is 12.3 Å². The van der Waals surface area contributed by atoms with Gasteiger partial charge in [-0.3, -0.25) is 0 Å². The largest absolute Gasteiger partial charge is 0.365 e. The Labute approximate surface area is 125 Å². The standard InChI is InChI=1S/C16H20ClN3/c1-15(2)11-4-6-16(3,8-11)14(15)20-13-12(17)10(9-18)5-7-19-13/h5,7,11,14H,4,6,8H2,1-3H3,(H,19,20). The zero-order valence-corrected chi connectivity index (χ0v) is 13.0. The van der Waals surface area contributed by atoms with Crippen LogP contribution >= 0.6 is 11.6 Å². The van der Waals surface area contributed by atoms with Gasteiger partial charge in [0.1, 0.15) is 16.9 Å². The Morgan fingerprint density at radius 2 is 2.20 bits per heavy atom. The fourth-order valence-electron chi connectivity index (χ4n) is 4.43. The van der Waals surface area contributed by atoms with Gasteiger partial charge in [-0.15, -0.1) is 0 Å². The van der Waals surface area contributed by atoms with Gasteiger partial charge in [-0.2, -0.15) is 5.26 Å². The highest BCUT2D eigenvalue weighted by Gasteiger charge is 2.59. The van der Waals surface area contributed by atoms with Crippen molar-refractivity contribution >= 4 is 17.4 Å². The third kappa shape index (κ3) is 1.82. The lowest BCUT2D eigenvalue weighted by atomic mass is 9.68. The molecule has 106 valence electrons. The molecule has 4 heteroatoms. The smallest absolute Gasteiger partial charge is 0.146 e. The summed E-state index contributed by atoms with van der Waals surface area (Å²) in [6, 6.07) is 4.12. The van der Waals surface area contributed by atoms with E-state index in [1.165, 1.54) is 19.3 Å². The lowest BCUT2D eigenvalue weighted by molar-refractivity contribution is 0.155. The summed E-state index contributed by atoms with van der Waals surface area (Å²) in [7, 11) is 0. The Balaban J connectivity index is 1.94. The molecule has 0 amide bonds. The zero-order chi connectivity index (χ0) is 14.5. The second-order valence-corrected chi connectivity index (χ2v) is 7.50. The molecule has 2 fully saturated rings. The number of aromatic nitrogens is 1.